The standard InChI is InChI=1S/C14H24N2O3S/c1-4-8-16-11-12-10-13(20(17,18)15-3)6-7-14(12)19-9-5-2/h6-7,10,15-16H,4-5,8-9,11H2,1-3H3. The molecule has 0 radical (unpaired) electrons. The Bertz CT molecular complexity index is 515. The van der Waals surface area contributed by atoms with E-state index in [0.717, 1.165) is 30.7 Å². The predicted octanol–water partition coefficient (Wildman–Crippen LogP) is 1.88. The van der Waals surface area contributed by atoms with Gasteiger partial charge < -0.3 is 10.1 Å². The van der Waals surface area contributed by atoms with Crippen LogP contribution in [0.5, 0.6) is 5.75 Å². The van der Waals surface area contributed by atoms with Crippen molar-refractivity contribution in [1.82, 2.24) is 10.0 Å². The molecule has 0 fully saturated rings. The fourth-order valence-corrected chi connectivity index (χ4v) is 2.51. The van der Waals surface area contributed by atoms with Crippen molar-refractivity contribution in [1.29, 1.82) is 0 Å². The molecule has 0 aliphatic carbocycles. The summed E-state index contributed by atoms with van der Waals surface area (Å²) < 4.78 is 31.7. The minimum Gasteiger partial charge on any atom is -0.493 e. The quantitative estimate of drug-likeness (QED) is 0.683. The molecule has 1 aromatic carbocycles. The van der Waals surface area contributed by atoms with Crippen molar-refractivity contribution in [2.24, 2.45) is 0 Å². The van der Waals surface area contributed by atoms with Crippen molar-refractivity contribution in [3.05, 3.63) is 23.8 Å². The van der Waals surface area contributed by atoms with Crippen molar-refractivity contribution in [2.75, 3.05) is 20.2 Å². The van der Waals surface area contributed by atoms with Gasteiger partial charge in [0.15, 0.2) is 0 Å². The number of nitrogens with one attached hydrogen (secondary N) is 2. The molecule has 1 rings (SSSR count). The summed E-state index contributed by atoms with van der Waals surface area (Å²) in [6, 6.07) is 4.96. The molecule has 5 nitrogen and oxygen atoms in total. The maximum Gasteiger partial charge on any atom is 0.240 e. The number of rotatable bonds is 9. The summed E-state index contributed by atoms with van der Waals surface area (Å²) in [6.07, 6.45) is 1.94. The highest BCUT2D eigenvalue weighted by Crippen LogP contribution is 2.23. The van der Waals surface area contributed by atoms with E-state index < -0.39 is 10.0 Å². The van der Waals surface area contributed by atoms with Crippen molar-refractivity contribution < 1.29 is 13.2 Å². The van der Waals surface area contributed by atoms with Crippen LogP contribution in [0.2, 0.25) is 0 Å². The van der Waals surface area contributed by atoms with E-state index in [0.29, 0.717) is 13.2 Å². The van der Waals surface area contributed by atoms with Gasteiger partial charge in [0.25, 0.3) is 0 Å². The lowest BCUT2D eigenvalue weighted by molar-refractivity contribution is 0.313. The number of hydrogen-bond donors (Lipinski definition) is 2. The van der Waals surface area contributed by atoms with Gasteiger partial charge >= 0.3 is 0 Å². The molecule has 0 saturated heterocycles. The lowest BCUT2D eigenvalue weighted by Gasteiger charge is -2.13. The number of sulfonamides is 1. The smallest absolute Gasteiger partial charge is 0.240 e. The van der Waals surface area contributed by atoms with Crippen LogP contribution in [-0.2, 0) is 16.6 Å². The lowest BCUT2D eigenvalue weighted by atomic mass is 10.2. The SMILES string of the molecule is CCCNCc1cc(S(=O)(=O)NC)ccc1OCCC. The fraction of sp³-hybridized carbons (Fsp3) is 0.571. The summed E-state index contributed by atoms with van der Waals surface area (Å²) in [6.45, 7) is 6.23. The molecule has 20 heavy (non-hydrogen) atoms. The Morgan fingerprint density at radius 1 is 1.20 bits per heavy atom. The zero-order chi connectivity index (χ0) is 15.0. The lowest BCUT2D eigenvalue weighted by Crippen LogP contribution is -2.20. The Kier molecular flexibility index (Phi) is 6.98. The topological polar surface area (TPSA) is 67.4 Å². The Balaban J connectivity index is 3.01. The molecule has 6 heteroatoms. The van der Waals surface area contributed by atoms with Gasteiger partial charge in [-0.15, -0.1) is 0 Å². The van der Waals surface area contributed by atoms with E-state index in [-0.39, 0.29) is 4.90 Å². The van der Waals surface area contributed by atoms with Crippen molar-refractivity contribution in [2.45, 2.75) is 38.1 Å². The maximum atomic E-state index is 11.8. The van der Waals surface area contributed by atoms with E-state index in [9.17, 15) is 8.42 Å². The summed E-state index contributed by atoms with van der Waals surface area (Å²) in [5.41, 5.74) is 0.864. The molecule has 0 spiro atoms. The van der Waals surface area contributed by atoms with Gasteiger partial charge in [0.2, 0.25) is 10.0 Å². The minimum absolute atomic E-state index is 0.261. The van der Waals surface area contributed by atoms with Crippen LogP contribution in [0.4, 0.5) is 0 Å². The number of hydrogen-bond acceptors (Lipinski definition) is 4. The first-order valence-corrected chi connectivity index (χ1v) is 8.43. The molecule has 0 aliphatic heterocycles. The van der Waals surface area contributed by atoms with Gasteiger partial charge in [-0.3, -0.25) is 0 Å². The Morgan fingerprint density at radius 2 is 1.95 bits per heavy atom. The zero-order valence-corrected chi connectivity index (χ0v) is 13.2. The van der Waals surface area contributed by atoms with Gasteiger partial charge in [0.05, 0.1) is 11.5 Å². The molecule has 1 aromatic rings. The van der Waals surface area contributed by atoms with Crippen LogP contribution < -0.4 is 14.8 Å². The minimum atomic E-state index is -3.42. The fourth-order valence-electron chi connectivity index (χ4n) is 1.73. The Labute approximate surface area is 121 Å². The Hall–Kier alpha value is -1.11. The van der Waals surface area contributed by atoms with E-state index in [1.54, 1.807) is 18.2 Å². The summed E-state index contributed by atoms with van der Waals surface area (Å²) >= 11 is 0. The van der Waals surface area contributed by atoms with Crippen LogP contribution in [-0.4, -0.2) is 28.6 Å². The van der Waals surface area contributed by atoms with Crippen LogP contribution in [0.3, 0.4) is 0 Å². The zero-order valence-electron chi connectivity index (χ0n) is 12.4. The van der Waals surface area contributed by atoms with Gasteiger partial charge in [-0.05, 0) is 44.6 Å². The van der Waals surface area contributed by atoms with Crippen molar-refractivity contribution in [3.63, 3.8) is 0 Å². The van der Waals surface area contributed by atoms with Crippen molar-refractivity contribution >= 4 is 10.0 Å². The maximum absolute atomic E-state index is 11.8. The molecule has 114 valence electrons. The molecule has 0 unspecified atom stereocenters. The van der Waals surface area contributed by atoms with Crippen LogP contribution in [0, 0.1) is 0 Å². The molecular formula is C14H24N2O3S. The van der Waals surface area contributed by atoms with Gasteiger partial charge in [-0.25, -0.2) is 13.1 Å². The van der Waals surface area contributed by atoms with Gasteiger partial charge in [0, 0.05) is 12.1 Å². The highest BCUT2D eigenvalue weighted by atomic mass is 32.2. The van der Waals surface area contributed by atoms with Gasteiger partial charge in [-0.1, -0.05) is 13.8 Å². The first kappa shape index (κ1) is 16.9. The van der Waals surface area contributed by atoms with Crippen LogP contribution >= 0.6 is 0 Å². The third-order valence-electron chi connectivity index (χ3n) is 2.81. The predicted molar refractivity (Wildman–Crippen MR) is 80.5 cm³/mol. The summed E-state index contributed by atoms with van der Waals surface area (Å²) in [4.78, 5) is 0.261. The molecule has 2 N–H and O–H groups in total. The van der Waals surface area contributed by atoms with Gasteiger partial charge in [-0.2, -0.15) is 0 Å². The first-order chi connectivity index (χ1) is 9.55. The molecule has 0 atom stereocenters. The summed E-state index contributed by atoms with van der Waals surface area (Å²) in [5.74, 6) is 0.741. The number of ether oxygens (including phenoxy) is 1. The molecule has 0 aliphatic rings. The monoisotopic (exact) mass is 300 g/mol. The van der Waals surface area contributed by atoms with Crippen LogP contribution in [0.15, 0.2) is 23.1 Å². The average Bonchev–Trinajstić information content (AvgIpc) is 2.46. The third-order valence-corrected chi connectivity index (χ3v) is 4.23. The van der Waals surface area contributed by atoms with Crippen LogP contribution in [0.1, 0.15) is 32.3 Å². The third kappa shape index (κ3) is 4.77. The average molecular weight is 300 g/mol. The van der Waals surface area contributed by atoms with E-state index in [1.807, 2.05) is 6.92 Å². The van der Waals surface area contributed by atoms with E-state index in [2.05, 4.69) is 17.0 Å². The second-order valence-electron chi connectivity index (χ2n) is 4.50. The molecule has 0 amide bonds. The second kappa shape index (κ2) is 8.24. The second-order valence-corrected chi connectivity index (χ2v) is 6.39. The summed E-state index contributed by atoms with van der Waals surface area (Å²) in [5, 5.41) is 3.27. The molecule has 0 bridgehead atoms. The van der Waals surface area contributed by atoms with E-state index in [1.165, 1.54) is 7.05 Å². The normalized spacial score (nSPS) is 11.6. The Morgan fingerprint density at radius 3 is 2.55 bits per heavy atom. The molecular weight excluding hydrogens is 276 g/mol. The van der Waals surface area contributed by atoms with Crippen LogP contribution in [0.25, 0.3) is 0 Å². The van der Waals surface area contributed by atoms with Crippen molar-refractivity contribution in [3.8, 4) is 5.75 Å². The molecule has 0 aromatic heterocycles. The summed E-state index contributed by atoms with van der Waals surface area (Å²) in [7, 11) is -2.01. The van der Waals surface area contributed by atoms with E-state index in [4.69, 9.17) is 4.74 Å². The number of benzene rings is 1. The largest absolute Gasteiger partial charge is 0.493 e. The highest BCUT2D eigenvalue weighted by molar-refractivity contribution is 7.89. The van der Waals surface area contributed by atoms with E-state index >= 15 is 0 Å². The molecule has 0 saturated carbocycles. The molecule has 0 heterocycles. The highest BCUT2D eigenvalue weighted by Gasteiger charge is 2.14. The van der Waals surface area contributed by atoms with Gasteiger partial charge in [0.1, 0.15) is 5.75 Å². The first-order valence-electron chi connectivity index (χ1n) is 6.95.